The molecule has 0 saturated carbocycles. The van der Waals surface area contributed by atoms with Crippen LogP contribution in [0, 0.1) is 0 Å². The van der Waals surface area contributed by atoms with Crippen LogP contribution in [0.1, 0.15) is 33.7 Å². The topological polar surface area (TPSA) is 49.5 Å². The SMILES string of the molecule is CN(CC1=NC(=S)N=N1)C(COCc1cc(C(F)(F)F)cc(C(F)(F)F)c1)C(c1ccccc1)c1ccccc1. The molecule has 210 valence electrons. The molecule has 5 nitrogen and oxygen atoms in total. The Bertz CT molecular complexity index is 1310. The zero-order valence-corrected chi connectivity index (χ0v) is 22.0. The van der Waals surface area contributed by atoms with Crippen LogP contribution in [0.15, 0.2) is 94.1 Å². The van der Waals surface area contributed by atoms with Crippen LogP contribution in [-0.2, 0) is 23.7 Å². The molecule has 0 aromatic heterocycles. The first kappa shape index (κ1) is 29.5. The van der Waals surface area contributed by atoms with Crippen molar-refractivity contribution in [1.29, 1.82) is 0 Å². The maximum Gasteiger partial charge on any atom is 0.416 e. The first-order chi connectivity index (χ1) is 18.9. The molecule has 0 spiro atoms. The Kier molecular flexibility index (Phi) is 9.12. The van der Waals surface area contributed by atoms with Crippen molar-refractivity contribution < 1.29 is 31.1 Å². The molecule has 0 fully saturated rings. The fourth-order valence-electron chi connectivity index (χ4n) is 4.50. The number of halogens is 6. The largest absolute Gasteiger partial charge is 0.416 e. The van der Waals surface area contributed by atoms with Crippen LogP contribution in [0.5, 0.6) is 0 Å². The summed E-state index contributed by atoms with van der Waals surface area (Å²) in [5.41, 5.74) is -1.13. The second-order valence-corrected chi connectivity index (χ2v) is 9.59. The van der Waals surface area contributed by atoms with Crippen molar-refractivity contribution in [3.05, 3.63) is 107 Å². The molecule has 3 aromatic carbocycles. The van der Waals surface area contributed by atoms with Crippen molar-refractivity contribution in [1.82, 2.24) is 4.90 Å². The fraction of sp³-hybridized carbons (Fsp3) is 0.286. The first-order valence-electron chi connectivity index (χ1n) is 12.1. The van der Waals surface area contributed by atoms with Crippen LogP contribution in [-0.4, -0.2) is 42.1 Å². The van der Waals surface area contributed by atoms with Crippen LogP contribution in [0.25, 0.3) is 0 Å². The lowest BCUT2D eigenvalue weighted by atomic mass is 9.84. The van der Waals surface area contributed by atoms with Crippen molar-refractivity contribution >= 4 is 23.2 Å². The van der Waals surface area contributed by atoms with Gasteiger partial charge in [0.05, 0.1) is 30.9 Å². The number of likely N-dealkylation sites (N-methyl/N-ethyl adjacent to an activating group) is 1. The molecule has 1 heterocycles. The third-order valence-corrected chi connectivity index (χ3v) is 6.51. The van der Waals surface area contributed by atoms with Gasteiger partial charge in [-0.2, -0.15) is 31.3 Å². The van der Waals surface area contributed by atoms with Gasteiger partial charge < -0.3 is 4.74 Å². The Hall–Kier alpha value is -3.48. The summed E-state index contributed by atoms with van der Waals surface area (Å²) >= 11 is 4.97. The van der Waals surface area contributed by atoms with E-state index in [0.717, 1.165) is 11.1 Å². The number of ether oxygens (including phenoxy) is 1. The van der Waals surface area contributed by atoms with E-state index in [2.05, 4.69) is 15.2 Å². The minimum absolute atomic E-state index is 0.0303. The van der Waals surface area contributed by atoms with Crippen molar-refractivity contribution in [2.45, 2.75) is 30.9 Å². The quantitative estimate of drug-likeness (QED) is 0.185. The molecular weight excluding hydrogens is 554 g/mol. The maximum absolute atomic E-state index is 13.3. The fourth-order valence-corrected chi connectivity index (χ4v) is 4.64. The van der Waals surface area contributed by atoms with Gasteiger partial charge in [0.2, 0.25) is 5.11 Å². The highest BCUT2D eigenvalue weighted by molar-refractivity contribution is 7.80. The van der Waals surface area contributed by atoms with Crippen molar-refractivity contribution in [2.24, 2.45) is 15.2 Å². The predicted octanol–water partition coefficient (Wildman–Crippen LogP) is 7.52. The maximum atomic E-state index is 13.3. The molecule has 0 saturated heterocycles. The van der Waals surface area contributed by atoms with Crippen LogP contribution in [0.3, 0.4) is 0 Å². The zero-order chi connectivity index (χ0) is 28.9. The number of azo groups is 1. The third-order valence-electron chi connectivity index (χ3n) is 6.34. The molecule has 40 heavy (non-hydrogen) atoms. The third kappa shape index (κ3) is 7.58. The highest BCUT2D eigenvalue weighted by Crippen LogP contribution is 2.37. The predicted molar refractivity (Wildman–Crippen MR) is 142 cm³/mol. The zero-order valence-electron chi connectivity index (χ0n) is 21.2. The summed E-state index contributed by atoms with van der Waals surface area (Å²) in [5, 5.41) is 7.84. The summed E-state index contributed by atoms with van der Waals surface area (Å²) in [6, 6.07) is 20.1. The number of hydrogen-bond acceptors (Lipinski definition) is 4. The van der Waals surface area contributed by atoms with Crippen LogP contribution in [0.2, 0.25) is 0 Å². The lowest BCUT2D eigenvalue weighted by Gasteiger charge is -2.35. The first-order valence-corrected chi connectivity index (χ1v) is 12.5. The molecule has 0 N–H and O–H groups in total. The summed E-state index contributed by atoms with van der Waals surface area (Å²) < 4.78 is 85.9. The van der Waals surface area contributed by atoms with Crippen LogP contribution >= 0.6 is 12.2 Å². The van der Waals surface area contributed by atoms with Gasteiger partial charge >= 0.3 is 12.4 Å². The highest BCUT2D eigenvalue weighted by atomic mass is 32.1. The van der Waals surface area contributed by atoms with E-state index < -0.39 is 36.1 Å². The van der Waals surface area contributed by atoms with E-state index in [4.69, 9.17) is 17.0 Å². The normalized spacial score (nSPS) is 14.7. The smallest absolute Gasteiger partial charge is 0.375 e. The second kappa shape index (κ2) is 12.4. The molecule has 1 aliphatic rings. The monoisotopic (exact) mass is 578 g/mol. The molecule has 4 rings (SSSR count). The highest BCUT2D eigenvalue weighted by Gasteiger charge is 2.37. The van der Waals surface area contributed by atoms with Gasteiger partial charge in [0.15, 0.2) is 5.84 Å². The van der Waals surface area contributed by atoms with Gasteiger partial charge in [0, 0.05) is 12.0 Å². The Balaban J connectivity index is 1.65. The van der Waals surface area contributed by atoms with E-state index >= 15 is 0 Å². The average molecular weight is 579 g/mol. The lowest BCUT2D eigenvalue weighted by molar-refractivity contribution is -0.143. The summed E-state index contributed by atoms with van der Waals surface area (Å²) in [6.45, 7) is -0.259. The van der Waals surface area contributed by atoms with Gasteiger partial charge in [-0.15, -0.1) is 10.2 Å². The lowest BCUT2D eigenvalue weighted by Crippen LogP contribution is -2.43. The summed E-state index contributed by atoms with van der Waals surface area (Å²) in [5.74, 6) is 0.107. The van der Waals surface area contributed by atoms with Crippen molar-refractivity contribution in [3.8, 4) is 0 Å². The molecule has 0 amide bonds. The molecule has 1 unspecified atom stereocenters. The standard InChI is InChI=1S/C28H24F6N4OS/c1-38(15-24-35-26(40)37-36-24)23(25(19-8-4-2-5-9-19)20-10-6-3-7-11-20)17-39-16-18-12-21(27(29,30)31)14-22(13-18)28(32,33)34/h2-14,23,25H,15-17H2,1H3. The molecule has 0 aliphatic carbocycles. The number of benzene rings is 3. The molecular formula is C28H24F6N4OS. The molecule has 1 atom stereocenters. The summed E-state index contributed by atoms with van der Waals surface area (Å²) in [4.78, 5) is 6.03. The van der Waals surface area contributed by atoms with E-state index in [9.17, 15) is 26.3 Å². The van der Waals surface area contributed by atoms with Crippen molar-refractivity contribution in [3.63, 3.8) is 0 Å². The minimum Gasteiger partial charge on any atom is -0.375 e. The van der Waals surface area contributed by atoms with Crippen LogP contribution in [0.4, 0.5) is 26.3 Å². The number of nitrogens with zero attached hydrogens (tertiary/aromatic N) is 4. The van der Waals surface area contributed by atoms with Crippen molar-refractivity contribution in [2.75, 3.05) is 20.2 Å². The van der Waals surface area contributed by atoms with E-state index in [1.54, 1.807) is 7.05 Å². The van der Waals surface area contributed by atoms with E-state index in [-0.39, 0.29) is 35.8 Å². The van der Waals surface area contributed by atoms with Gasteiger partial charge in [-0.3, -0.25) is 4.90 Å². The molecule has 12 heteroatoms. The number of amidine groups is 1. The van der Waals surface area contributed by atoms with Gasteiger partial charge in [0.25, 0.3) is 0 Å². The van der Waals surface area contributed by atoms with Gasteiger partial charge in [0.1, 0.15) is 0 Å². The second-order valence-electron chi connectivity index (χ2n) is 9.22. The van der Waals surface area contributed by atoms with E-state index in [1.807, 2.05) is 65.6 Å². The summed E-state index contributed by atoms with van der Waals surface area (Å²) in [6.07, 6.45) is -9.89. The number of hydrogen-bond donors (Lipinski definition) is 0. The Morgan fingerprint density at radius 1 is 0.800 bits per heavy atom. The van der Waals surface area contributed by atoms with Gasteiger partial charge in [-0.05, 0) is 54.2 Å². The van der Waals surface area contributed by atoms with Crippen LogP contribution < -0.4 is 0 Å². The van der Waals surface area contributed by atoms with Gasteiger partial charge in [-0.1, -0.05) is 60.7 Å². The Morgan fingerprint density at radius 3 is 1.77 bits per heavy atom. The van der Waals surface area contributed by atoms with Gasteiger partial charge in [-0.25, -0.2) is 0 Å². The Morgan fingerprint density at radius 2 is 1.32 bits per heavy atom. The molecule has 1 aliphatic heterocycles. The average Bonchev–Trinajstić information content (AvgIpc) is 3.32. The number of rotatable bonds is 10. The van der Waals surface area contributed by atoms with E-state index in [1.165, 1.54) is 0 Å². The number of aliphatic imine (C=N–C) groups is 1. The Labute approximate surface area is 232 Å². The number of alkyl halides is 6. The molecule has 3 aromatic rings. The number of thiocarbonyl (C=S) groups is 1. The van der Waals surface area contributed by atoms with E-state index in [0.29, 0.717) is 18.0 Å². The molecule has 0 radical (unpaired) electrons. The summed E-state index contributed by atoms with van der Waals surface area (Å²) in [7, 11) is 1.80. The minimum atomic E-state index is -4.94. The molecule has 0 bridgehead atoms.